The number of halogens is 1. The average Bonchev–Trinajstić information content (AvgIpc) is 2.50. The van der Waals surface area contributed by atoms with Gasteiger partial charge in [0.2, 0.25) is 5.91 Å². The Labute approximate surface area is 128 Å². The van der Waals surface area contributed by atoms with E-state index in [2.05, 4.69) is 10.5 Å². The SMILES string of the molecule is O=C1NN=C(c2ccccc2)CC1Cc1cccc(Cl)c1. The van der Waals surface area contributed by atoms with Gasteiger partial charge >= 0.3 is 0 Å². The van der Waals surface area contributed by atoms with Crippen LogP contribution < -0.4 is 5.43 Å². The Kier molecular flexibility index (Phi) is 4.02. The van der Waals surface area contributed by atoms with Crippen molar-refractivity contribution in [1.29, 1.82) is 0 Å². The van der Waals surface area contributed by atoms with Crippen molar-refractivity contribution in [3.63, 3.8) is 0 Å². The smallest absolute Gasteiger partial charge is 0.243 e. The van der Waals surface area contributed by atoms with E-state index in [0.29, 0.717) is 17.9 Å². The number of nitrogens with zero attached hydrogens (tertiary/aromatic N) is 1. The van der Waals surface area contributed by atoms with Gasteiger partial charge in [-0.1, -0.05) is 54.1 Å². The van der Waals surface area contributed by atoms with Crippen LogP contribution in [-0.2, 0) is 11.2 Å². The molecule has 3 rings (SSSR count). The Bertz CT molecular complexity index is 682. The van der Waals surface area contributed by atoms with E-state index in [1.807, 2.05) is 54.6 Å². The molecule has 1 aliphatic heterocycles. The second kappa shape index (κ2) is 6.10. The molecular formula is C17H15ClN2O. The number of carbonyl (C=O) groups excluding carboxylic acids is 1. The number of hydrazone groups is 1. The molecule has 1 N–H and O–H groups in total. The summed E-state index contributed by atoms with van der Waals surface area (Å²) < 4.78 is 0. The highest BCUT2D eigenvalue weighted by Gasteiger charge is 2.25. The van der Waals surface area contributed by atoms with Crippen LogP contribution in [0, 0.1) is 5.92 Å². The van der Waals surface area contributed by atoms with Crippen LogP contribution in [0.1, 0.15) is 17.5 Å². The van der Waals surface area contributed by atoms with E-state index in [9.17, 15) is 4.79 Å². The number of benzene rings is 2. The molecule has 2 aromatic rings. The number of rotatable bonds is 3. The lowest BCUT2D eigenvalue weighted by Crippen LogP contribution is -2.36. The van der Waals surface area contributed by atoms with Gasteiger partial charge in [0, 0.05) is 17.4 Å². The first-order valence-corrected chi connectivity index (χ1v) is 7.26. The normalized spacial score (nSPS) is 18.0. The van der Waals surface area contributed by atoms with Crippen LogP contribution in [0.25, 0.3) is 0 Å². The first-order chi connectivity index (χ1) is 10.2. The van der Waals surface area contributed by atoms with Gasteiger partial charge < -0.3 is 0 Å². The lowest BCUT2D eigenvalue weighted by molar-refractivity contribution is -0.125. The fraction of sp³-hybridized carbons (Fsp3) is 0.176. The minimum atomic E-state index is -0.115. The minimum Gasteiger partial charge on any atom is -0.273 e. The van der Waals surface area contributed by atoms with Gasteiger partial charge in [-0.15, -0.1) is 0 Å². The highest BCUT2D eigenvalue weighted by Crippen LogP contribution is 2.21. The summed E-state index contributed by atoms with van der Waals surface area (Å²) in [4.78, 5) is 12.0. The van der Waals surface area contributed by atoms with Crippen LogP contribution in [0.15, 0.2) is 59.7 Å². The Hall–Kier alpha value is -2.13. The number of carbonyl (C=O) groups is 1. The summed E-state index contributed by atoms with van der Waals surface area (Å²) in [5.41, 5.74) is 5.67. The monoisotopic (exact) mass is 298 g/mol. The van der Waals surface area contributed by atoms with Crippen molar-refractivity contribution >= 4 is 23.2 Å². The van der Waals surface area contributed by atoms with Crippen molar-refractivity contribution in [3.8, 4) is 0 Å². The summed E-state index contributed by atoms with van der Waals surface area (Å²) in [6.45, 7) is 0. The summed E-state index contributed by atoms with van der Waals surface area (Å²) in [6, 6.07) is 17.6. The first kappa shape index (κ1) is 13.8. The molecule has 0 aliphatic carbocycles. The number of amides is 1. The zero-order valence-electron chi connectivity index (χ0n) is 11.4. The molecule has 1 unspecified atom stereocenters. The highest BCUT2D eigenvalue weighted by atomic mass is 35.5. The summed E-state index contributed by atoms with van der Waals surface area (Å²) in [6.07, 6.45) is 1.31. The van der Waals surface area contributed by atoms with Crippen molar-refractivity contribution in [1.82, 2.24) is 5.43 Å². The molecule has 1 amide bonds. The molecule has 0 saturated heterocycles. The minimum absolute atomic E-state index is 0.0327. The molecule has 21 heavy (non-hydrogen) atoms. The van der Waals surface area contributed by atoms with Crippen LogP contribution >= 0.6 is 11.6 Å². The van der Waals surface area contributed by atoms with Gasteiger partial charge in [0.25, 0.3) is 0 Å². The van der Waals surface area contributed by atoms with Gasteiger partial charge in [-0.2, -0.15) is 5.10 Å². The quantitative estimate of drug-likeness (QED) is 0.927. The summed E-state index contributed by atoms with van der Waals surface area (Å²) >= 11 is 6.00. The summed E-state index contributed by atoms with van der Waals surface area (Å²) in [5.74, 6) is -0.147. The molecule has 0 fully saturated rings. The molecule has 0 radical (unpaired) electrons. The molecule has 3 nitrogen and oxygen atoms in total. The third-order valence-corrected chi connectivity index (χ3v) is 3.82. The van der Waals surface area contributed by atoms with E-state index < -0.39 is 0 Å². The fourth-order valence-electron chi connectivity index (χ4n) is 2.51. The predicted molar refractivity (Wildman–Crippen MR) is 84.4 cm³/mol. The number of hydrogen-bond acceptors (Lipinski definition) is 2. The van der Waals surface area contributed by atoms with Gasteiger partial charge in [-0.05, 0) is 29.7 Å². The highest BCUT2D eigenvalue weighted by molar-refractivity contribution is 6.30. The maximum atomic E-state index is 12.0. The van der Waals surface area contributed by atoms with E-state index in [1.165, 1.54) is 0 Å². The Morgan fingerprint density at radius 1 is 1.14 bits per heavy atom. The van der Waals surface area contributed by atoms with E-state index >= 15 is 0 Å². The third-order valence-electron chi connectivity index (χ3n) is 3.59. The maximum absolute atomic E-state index is 12.0. The Morgan fingerprint density at radius 3 is 2.71 bits per heavy atom. The van der Waals surface area contributed by atoms with Gasteiger partial charge in [-0.3, -0.25) is 4.79 Å². The number of nitrogens with one attached hydrogen (secondary N) is 1. The molecule has 0 saturated carbocycles. The van der Waals surface area contributed by atoms with Gasteiger partial charge in [0.05, 0.1) is 5.71 Å². The zero-order valence-corrected chi connectivity index (χ0v) is 12.2. The van der Waals surface area contributed by atoms with Crippen molar-refractivity contribution in [3.05, 3.63) is 70.7 Å². The average molecular weight is 299 g/mol. The molecule has 1 aliphatic rings. The van der Waals surface area contributed by atoms with Gasteiger partial charge in [-0.25, -0.2) is 5.43 Å². The Morgan fingerprint density at radius 2 is 1.95 bits per heavy atom. The first-order valence-electron chi connectivity index (χ1n) is 6.88. The topological polar surface area (TPSA) is 41.5 Å². The fourth-order valence-corrected chi connectivity index (χ4v) is 2.72. The maximum Gasteiger partial charge on any atom is 0.243 e. The molecular weight excluding hydrogens is 284 g/mol. The van der Waals surface area contributed by atoms with Crippen LogP contribution in [0.3, 0.4) is 0 Å². The summed E-state index contributed by atoms with van der Waals surface area (Å²) in [7, 11) is 0. The predicted octanol–water partition coefficient (Wildman–Crippen LogP) is 3.42. The van der Waals surface area contributed by atoms with Crippen LogP contribution in [0.5, 0.6) is 0 Å². The third kappa shape index (κ3) is 3.31. The van der Waals surface area contributed by atoms with E-state index in [1.54, 1.807) is 0 Å². The second-order valence-electron chi connectivity index (χ2n) is 5.14. The number of hydrogen-bond donors (Lipinski definition) is 1. The lowest BCUT2D eigenvalue weighted by Gasteiger charge is -2.21. The lowest BCUT2D eigenvalue weighted by atomic mass is 9.90. The zero-order chi connectivity index (χ0) is 14.7. The van der Waals surface area contributed by atoms with Crippen molar-refractivity contribution in [2.45, 2.75) is 12.8 Å². The van der Waals surface area contributed by atoms with E-state index in [-0.39, 0.29) is 11.8 Å². The van der Waals surface area contributed by atoms with E-state index in [4.69, 9.17) is 11.6 Å². The summed E-state index contributed by atoms with van der Waals surface area (Å²) in [5, 5.41) is 4.88. The van der Waals surface area contributed by atoms with Crippen LogP contribution in [0.4, 0.5) is 0 Å². The largest absolute Gasteiger partial charge is 0.273 e. The van der Waals surface area contributed by atoms with Crippen molar-refractivity contribution in [2.24, 2.45) is 11.0 Å². The molecule has 1 heterocycles. The standard InChI is InChI=1S/C17H15ClN2O/c18-15-8-4-5-12(10-15)9-14-11-16(19-20-17(14)21)13-6-2-1-3-7-13/h1-8,10,14H,9,11H2,(H,20,21). The molecule has 0 spiro atoms. The molecule has 106 valence electrons. The van der Waals surface area contributed by atoms with E-state index in [0.717, 1.165) is 16.8 Å². The van der Waals surface area contributed by atoms with Gasteiger partial charge in [0.1, 0.15) is 0 Å². The molecule has 0 bridgehead atoms. The Balaban J connectivity index is 1.78. The van der Waals surface area contributed by atoms with Crippen molar-refractivity contribution in [2.75, 3.05) is 0 Å². The molecule has 4 heteroatoms. The van der Waals surface area contributed by atoms with Gasteiger partial charge in [0.15, 0.2) is 0 Å². The molecule has 2 aromatic carbocycles. The van der Waals surface area contributed by atoms with Crippen LogP contribution in [0.2, 0.25) is 5.02 Å². The second-order valence-corrected chi connectivity index (χ2v) is 5.57. The molecule has 0 aromatic heterocycles. The molecule has 1 atom stereocenters. The van der Waals surface area contributed by atoms with Crippen molar-refractivity contribution < 1.29 is 4.79 Å². The van der Waals surface area contributed by atoms with Crippen LogP contribution in [-0.4, -0.2) is 11.6 Å².